The quantitative estimate of drug-likeness (QED) is 0.447. The molecule has 0 unspecified atom stereocenters. The standard InChI is InChI=1S/C19H18N4O4S/c1-23(10-16(24)20-13-5-3-4-6-15(13)28-2)19(27)11-7-8-12-14(9-11)22-18(26)17(25)21-12/h3-9H,10H2,1-2H3,(H,20,24)(H,21,25)(H,22,26). The van der Waals surface area contributed by atoms with E-state index >= 15 is 0 Å². The first-order chi connectivity index (χ1) is 13.4. The zero-order valence-electron chi connectivity index (χ0n) is 15.2. The van der Waals surface area contributed by atoms with Crippen molar-refractivity contribution >= 4 is 40.3 Å². The van der Waals surface area contributed by atoms with Crippen LogP contribution >= 0.6 is 11.8 Å². The zero-order chi connectivity index (χ0) is 20.3. The number of likely N-dealkylation sites (N-methyl/N-ethyl adjacent to an activating group) is 1. The second kappa shape index (κ2) is 8.13. The summed E-state index contributed by atoms with van der Waals surface area (Å²) in [4.78, 5) is 54.8. The molecule has 0 atom stereocenters. The lowest BCUT2D eigenvalue weighted by molar-refractivity contribution is -0.116. The van der Waals surface area contributed by atoms with E-state index in [2.05, 4.69) is 15.3 Å². The normalized spacial score (nSPS) is 10.6. The lowest BCUT2D eigenvalue weighted by Gasteiger charge is -2.17. The molecule has 2 aromatic carbocycles. The van der Waals surface area contributed by atoms with Crippen LogP contribution in [-0.2, 0) is 4.79 Å². The number of carbonyl (C=O) groups excluding carboxylic acids is 2. The van der Waals surface area contributed by atoms with Gasteiger partial charge in [0, 0.05) is 17.5 Å². The number of hydrogen-bond acceptors (Lipinski definition) is 5. The maximum absolute atomic E-state index is 12.6. The second-order valence-electron chi connectivity index (χ2n) is 6.08. The van der Waals surface area contributed by atoms with Gasteiger partial charge >= 0.3 is 11.1 Å². The van der Waals surface area contributed by atoms with Gasteiger partial charge in [-0.15, -0.1) is 11.8 Å². The van der Waals surface area contributed by atoms with Gasteiger partial charge in [0.2, 0.25) is 5.91 Å². The summed E-state index contributed by atoms with van der Waals surface area (Å²) < 4.78 is 0. The highest BCUT2D eigenvalue weighted by atomic mass is 32.2. The van der Waals surface area contributed by atoms with E-state index in [1.54, 1.807) is 6.07 Å². The first-order valence-electron chi connectivity index (χ1n) is 8.33. The number of nitrogens with zero attached hydrogens (tertiary/aromatic N) is 1. The summed E-state index contributed by atoms with van der Waals surface area (Å²) in [5.74, 6) is -0.710. The number of para-hydroxylation sites is 1. The molecule has 3 aromatic rings. The van der Waals surface area contributed by atoms with Crippen molar-refractivity contribution in [3.63, 3.8) is 0 Å². The van der Waals surface area contributed by atoms with E-state index in [4.69, 9.17) is 0 Å². The maximum Gasteiger partial charge on any atom is 0.314 e. The number of rotatable bonds is 5. The first kappa shape index (κ1) is 19.4. The SMILES string of the molecule is CSc1ccccc1NC(=O)CN(C)C(=O)c1ccc2[nH]c(=O)c(=O)[nH]c2c1. The van der Waals surface area contributed by atoms with Gasteiger partial charge in [-0.25, -0.2) is 0 Å². The van der Waals surface area contributed by atoms with Crippen LogP contribution in [0.3, 0.4) is 0 Å². The molecule has 0 saturated carbocycles. The number of hydrogen-bond donors (Lipinski definition) is 3. The number of thioether (sulfide) groups is 1. The molecule has 2 amide bonds. The Kier molecular flexibility index (Phi) is 5.65. The smallest absolute Gasteiger partial charge is 0.314 e. The van der Waals surface area contributed by atoms with Gasteiger partial charge in [-0.2, -0.15) is 0 Å². The average Bonchev–Trinajstić information content (AvgIpc) is 2.68. The van der Waals surface area contributed by atoms with Crippen LogP contribution in [-0.4, -0.2) is 46.5 Å². The second-order valence-corrected chi connectivity index (χ2v) is 6.93. The van der Waals surface area contributed by atoms with Crippen LogP contribution in [0.2, 0.25) is 0 Å². The van der Waals surface area contributed by atoms with Gasteiger partial charge in [-0.3, -0.25) is 19.2 Å². The monoisotopic (exact) mass is 398 g/mol. The van der Waals surface area contributed by atoms with E-state index in [1.165, 1.54) is 41.9 Å². The summed E-state index contributed by atoms with van der Waals surface area (Å²) in [7, 11) is 1.52. The molecule has 0 saturated heterocycles. The van der Waals surface area contributed by atoms with Crippen LogP contribution in [0.15, 0.2) is 56.9 Å². The van der Waals surface area contributed by atoms with E-state index in [0.717, 1.165) is 4.90 Å². The largest absolute Gasteiger partial charge is 0.332 e. The van der Waals surface area contributed by atoms with E-state index in [1.807, 2.05) is 24.5 Å². The molecule has 0 fully saturated rings. The molecular weight excluding hydrogens is 380 g/mol. The third-order valence-electron chi connectivity index (χ3n) is 4.08. The van der Waals surface area contributed by atoms with Crippen LogP contribution in [0.25, 0.3) is 11.0 Å². The molecule has 1 aromatic heterocycles. The van der Waals surface area contributed by atoms with Crippen molar-refractivity contribution in [3.8, 4) is 0 Å². The van der Waals surface area contributed by atoms with Crippen molar-refractivity contribution in [2.45, 2.75) is 4.90 Å². The minimum atomic E-state index is -0.794. The number of benzene rings is 2. The van der Waals surface area contributed by atoms with E-state index in [0.29, 0.717) is 16.7 Å². The zero-order valence-corrected chi connectivity index (χ0v) is 16.1. The van der Waals surface area contributed by atoms with Gasteiger partial charge in [-0.05, 0) is 36.6 Å². The van der Waals surface area contributed by atoms with Crippen LogP contribution in [0.5, 0.6) is 0 Å². The molecule has 28 heavy (non-hydrogen) atoms. The summed E-state index contributed by atoms with van der Waals surface area (Å²) in [6.07, 6.45) is 1.91. The minimum absolute atomic E-state index is 0.137. The molecule has 0 aliphatic heterocycles. The number of aromatic amines is 2. The van der Waals surface area contributed by atoms with Crippen molar-refractivity contribution in [3.05, 3.63) is 68.7 Å². The van der Waals surface area contributed by atoms with Crippen LogP contribution < -0.4 is 16.4 Å². The van der Waals surface area contributed by atoms with Crippen molar-refractivity contribution in [2.75, 3.05) is 25.2 Å². The summed E-state index contributed by atoms with van der Waals surface area (Å²) in [6.45, 7) is -0.137. The van der Waals surface area contributed by atoms with Gasteiger partial charge in [0.25, 0.3) is 5.91 Å². The predicted molar refractivity (Wildman–Crippen MR) is 109 cm³/mol. The Hall–Kier alpha value is -3.33. The molecule has 3 rings (SSSR count). The summed E-state index contributed by atoms with van der Waals surface area (Å²) >= 11 is 1.51. The number of aromatic nitrogens is 2. The molecule has 0 radical (unpaired) electrons. The van der Waals surface area contributed by atoms with Crippen LogP contribution in [0.4, 0.5) is 5.69 Å². The summed E-state index contributed by atoms with van der Waals surface area (Å²) in [5.41, 5.74) is 0.170. The lowest BCUT2D eigenvalue weighted by atomic mass is 10.1. The van der Waals surface area contributed by atoms with Crippen molar-refractivity contribution in [1.29, 1.82) is 0 Å². The van der Waals surface area contributed by atoms with Gasteiger partial charge in [-0.1, -0.05) is 12.1 Å². The highest BCUT2D eigenvalue weighted by molar-refractivity contribution is 7.98. The molecule has 3 N–H and O–H groups in total. The number of nitrogens with one attached hydrogen (secondary N) is 3. The summed E-state index contributed by atoms with van der Waals surface area (Å²) in [6, 6.07) is 11.9. The Morgan fingerprint density at radius 1 is 1.04 bits per heavy atom. The van der Waals surface area contributed by atoms with Gasteiger partial charge in [0.1, 0.15) is 0 Å². The van der Waals surface area contributed by atoms with E-state index in [9.17, 15) is 19.2 Å². The minimum Gasteiger partial charge on any atom is -0.332 e. The van der Waals surface area contributed by atoms with E-state index in [-0.39, 0.29) is 23.9 Å². The molecule has 144 valence electrons. The Balaban J connectivity index is 1.74. The maximum atomic E-state index is 12.6. The molecular formula is C19H18N4O4S. The van der Waals surface area contributed by atoms with Crippen molar-refractivity contribution in [1.82, 2.24) is 14.9 Å². The molecule has 0 aliphatic rings. The molecule has 1 heterocycles. The average molecular weight is 398 g/mol. The van der Waals surface area contributed by atoms with Crippen molar-refractivity contribution < 1.29 is 9.59 Å². The Morgan fingerprint density at radius 3 is 2.43 bits per heavy atom. The third-order valence-corrected chi connectivity index (χ3v) is 4.87. The fourth-order valence-electron chi connectivity index (χ4n) is 2.69. The highest BCUT2D eigenvalue weighted by Crippen LogP contribution is 2.24. The molecule has 0 spiro atoms. The number of carbonyl (C=O) groups is 2. The van der Waals surface area contributed by atoms with Gasteiger partial charge in [0.05, 0.1) is 23.3 Å². The third kappa shape index (κ3) is 4.15. The summed E-state index contributed by atoms with van der Waals surface area (Å²) in [5, 5.41) is 2.80. The Bertz CT molecular complexity index is 1170. The fourth-order valence-corrected chi connectivity index (χ4v) is 3.25. The highest BCUT2D eigenvalue weighted by Gasteiger charge is 2.16. The van der Waals surface area contributed by atoms with Gasteiger partial charge < -0.3 is 20.2 Å². The van der Waals surface area contributed by atoms with Crippen LogP contribution in [0.1, 0.15) is 10.4 Å². The van der Waals surface area contributed by atoms with E-state index < -0.39 is 11.1 Å². The fraction of sp³-hybridized carbons (Fsp3) is 0.158. The number of anilines is 1. The molecule has 0 aliphatic carbocycles. The molecule has 8 nitrogen and oxygen atoms in total. The number of amides is 2. The van der Waals surface area contributed by atoms with Gasteiger partial charge in [0.15, 0.2) is 0 Å². The molecule has 9 heteroatoms. The lowest BCUT2D eigenvalue weighted by Crippen LogP contribution is -2.35. The number of H-pyrrole nitrogens is 2. The topological polar surface area (TPSA) is 115 Å². The Labute approximate surface area is 164 Å². The number of fused-ring (bicyclic) bond motifs is 1. The van der Waals surface area contributed by atoms with Crippen LogP contribution in [0, 0.1) is 0 Å². The molecule has 0 bridgehead atoms. The predicted octanol–water partition coefficient (Wildman–Crippen LogP) is 1.65. The first-order valence-corrected chi connectivity index (χ1v) is 9.56. The van der Waals surface area contributed by atoms with Crippen molar-refractivity contribution in [2.24, 2.45) is 0 Å². The Morgan fingerprint density at radius 2 is 1.71 bits per heavy atom.